The Hall–Kier alpha value is -0.660. The van der Waals surface area contributed by atoms with E-state index < -0.39 is 10.0 Å². The summed E-state index contributed by atoms with van der Waals surface area (Å²) in [5.41, 5.74) is 0. The van der Waals surface area contributed by atoms with E-state index in [-0.39, 0.29) is 36.9 Å². The number of hydrogen-bond acceptors (Lipinski definition) is 5. The van der Waals surface area contributed by atoms with Crippen molar-refractivity contribution in [2.24, 2.45) is 5.92 Å². The molecule has 6 nitrogen and oxygen atoms in total. The van der Waals surface area contributed by atoms with Gasteiger partial charge in [-0.2, -0.15) is 0 Å². The lowest BCUT2D eigenvalue weighted by Crippen LogP contribution is -2.44. The maximum Gasteiger partial charge on any atom is 0.309 e. The fourth-order valence-corrected chi connectivity index (χ4v) is 3.45. The number of rotatable bonds is 6. The number of nitrogens with zero attached hydrogens (tertiary/aromatic N) is 1. The van der Waals surface area contributed by atoms with Gasteiger partial charge in [0.05, 0.1) is 31.5 Å². The fraction of sp³-hybridized carbons (Fsp3) is 0.917. The molecule has 0 radical (unpaired) electrons. The average Bonchev–Trinajstić information content (AvgIpc) is 2.37. The summed E-state index contributed by atoms with van der Waals surface area (Å²) in [7, 11) is -2.03. The molecule has 0 amide bonds. The molecule has 0 aromatic rings. The van der Waals surface area contributed by atoms with Gasteiger partial charge in [-0.25, -0.2) is 12.7 Å². The Morgan fingerprint density at radius 1 is 1.42 bits per heavy atom. The highest BCUT2D eigenvalue weighted by Crippen LogP contribution is 2.20. The van der Waals surface area contributed by atoms with E-state index in [2.05, 4.69) is 4.74 Å². The molecule has 1 atom stereocenters. The van der Waals surface area contributed by atoms with Crippen LogP contribution in [0.2, 0.25) is 0 Å². The lowest BCUT2D eigenvalue weighted by molar-refractivity contribution is -0.146. The smallest absolute Gasteiger partial charge is 0.309 e. The number of esters is 1. The molecule has 1 aliphatic heterocycles. The molecular formula is C12H23NO5S. The lowest BCUT2D eigenvalue weighted by Gasteiger charge is -2.30. The van der Waals surface area contributed by atoms with Gasteiger partial charge in [0.1, 0.15) is 0 Å². The largest absolute Gasteiger partial charge is 0.469 e. The van der Waals surface area contributed by atoms with Crippen LogP contribution in [0.3, 0.4) is 0 Å². The van der Waals surface area contributed by atoms with E-state index in [4.69, 9.17) is 4.74 Å². The Kier molecular flexibility index (Phi) is 6.22. The number of piperidine rings is 1. The maximum atomic E-state index is 12.1. The van der Waals surface area contributed by atoms with Crippen molar-refractivity contribution in [1.82, 2.24) is 4.31 Å². The van der Waals surface area contributed by atoms with E-state index in [1.165, 1.54) is 11.4 Å². The van der Waals surface area contributed by atoms with Crippen LogP contribution >= 0.6 is 0 Å². The van der Waals surface area contributed by atoms with Gasteiger partial charge in [-0.05, 0) is 26.7 Å². The van der Waals surface area contributed by atoms with E-state index >= 15 is 0 Å². The molecule has 1 rings (SSSR count). The Labute approximate surface area is 115 Å². The number of carbonyl (C=O) groups excluding carboxylic acids is 1. The topological polar surface area (TPSA) is 72.9 Å². The van der Waals surface area contributed by atoms with E-state index in [0.29, 0.717) is 19.4 Å². The fourth-order valence-electron chi connectivity index (χ4n) is 2.07. The Balaban J connectivity index is 2.55. The number of sulfonamides is 1. The van der Waals surface area contributed by atoms with Gasteiger partial charge in [-0.15, -0.1) is 0 Å². The minimum atomic E-state index is -3.35. The monoisotopic (exact) mass is 293 g/mol. The molecule has 0 unspecified atom stereocenters. The summed E-state index contributed by atoms with van der Waals surface area (Å²) in [5.74, 6) is -0.725. The molecule has 0 N–H and O–H groups in total. The van der Waals surface area contributed by atoms with Crippen molar-refractivity contribution < 1.29 is 22.7 Å². The van der Waals surface area contributed by atoms with Crippen molar-refractivity contribution >= 4 is 16.0 Å². The zero-order valence-electron chi connectivity index (χ0n) is 11.8. The standard InChI is InChI=1S/C12H23NO5S/c1-10(2)18-7-8-19(15,16)13-6-4-5-11(9-13)12(14)17-3/h10-11H,4-9H2,1-3H3/t11-/m0/s1. The average molecular weight is 293 g/mol. The highest BCUT2D eigenvalue weighted by Gasteiger charge is 2.32. The summed E-state index contributed by atoms with van der Waals surface area (Å²) >= 11 is 0. The van der Waals surface area contributed by atoms with Gasteiger partial charge in [-0.1, -0.05) is 0 Å². The number of ether oxygens (including phenoxy) is 2. The van der Waals surface area contributed by atoms with E-state index in [1.54, 1.807) is 0 Å². The summed E-state index contributed by atoms with van der Waals surface area (Å²) < 4.78 is 35.6. The third-order valence-electron chi connectivity index (χ3n) is 3.10. The predicted molar refractivity (Wildman–Crippen MR) is 71.2 cm³/mol. The van der Waals surface area contributed by atoms with Crippen molar-refractivity contribution in [3.05, 3.63) is 0 Å². The molecule has 7 heteroatoms. The number of hydrogen-bond donors (Lipinski definition) is 0. The minimum absolute atomic E-state index is 0.0133. The van der Waals surface area contributed by atoms with Gasteiger partial charge < -0.3 is 9.47 Å². The molecule has 0 aromatic carbocycles. The van der Waals surface area contributed by atoms with Gasteiger partial charge in [0, 0.05) is 13.1 Å². The second-order valence-corrected chi connectivity index (χ2v) is 7.04. The molecule has 1 fully saturated rings. The third-order valence-corrected chi connectivity index (χ3v) is 4.91. The van der Waals surface area contributed by atoms with E-state index in [0.717, 1.165) is 0 Å². The van der Waals surface area contributed by atoms with Gasteiger partial charge in [0.15, 0.2) is 0 Å². The Morgan fingerprint density at radius 2 is 2.11 bits per heavy atom. The van der Waals surface area contributed by atoms with Crippen LogP contribution in [0.1, 0.15) is 26.7 Å². The van der Waals surface area contributed by atoms with Crippen LogP contribution in [-0.2, 0) is 24.3 Å². The van der Waals surface area contributed by atoms with E-state index in [1.807, 2.05) is 13.8 Å². The highest BCUT2D eigenvalue weighted by molar-refractivity contribution is 7.89. The van der Waals surface area contributed by atoms with Crippen LogP contribution < -0.4 is 0 Å². The van der Waals surface area contributed by atoms with Crippen molar-refractivity contribution in [3.8, 4) is 0 Å². The van der Waals surface area contributed by atoms with Gasteiger partial charge in [0.2, 0.25) is 10.0 Å². The molecular weight excluding hydrogens is 270 g/mol. The molecule has 0 saturated carbocycles. The van der Waals surface area contributed by atoms with Crippen molar-refractivity contribution in [2.45, 2.75) is 32.8 Å². The summed E-state index contributed by atoms with van der Waals surface area (Å²) in [6, 6.07) is 0. The zero-order chi connectivity index (χ0) is 14.5. The van der Waals surface area contributed by atoms with Crippen LogP contribution in [0.15, 0.2) is 0 Å². The van der Waals surface area contributed by atoms with Crippen LogP contribution in [0.5, 0.6) is 0 Å². The highest BCUT2D eigenvalue weighted by atomic mass is 32.2. The van der Waals surface area contributed by atoms with Gasteiger partial charge >= 0.3 is 5.97 Å². The third kappa shape index (κ3) is 5.08. The molecule has 0 aromatic heterocycles. The van der Waals surface area contributed by atoms with Crippen molar-refractivity contribution in [2.75, 3.05) is 32.6 Å². The minimum Gasteiger partial charge on any atom is -0.469 e. The lowest BCUT2D eigenvalue weighted by atomic mass is 10.0. The van der Waals surface area contributed by atoms with Crippen molar-refractivity contribution in [3.63, 3.8) is 0 Å². The normalized spacial score (nSPS) is 21.6. The first-order valence-corrected chi connectivity index (χ1v) is 8.15. The first kappa shape index (κ1) is 16.4. The molecule has 19 heavy (non-hydrogen) atoms. The SMILES string of the molecule is COC(=O)[C@H]1CCCN(S(=O)(=O)CCOC(C)C)C1. The molecule has 0 aliphatic carbocycles. The van der Waals surface area contributed by atoms with Crippen LogP contribution in [0.4, 0.5) is 0 Å². The summed E-state index contributed by atoms with van der Waals surface area (Å²) in [6.07, 6.45) is 1.38. The summed E-state index contributed by atoms with van der Waals surface area (Å²) in [4.78, 5) is 11.5. The maximum absolute atomic E-state index is 12.1. The van der Waals surface area contributed by atoms with Crippen LogP contribution in [-0.4, -0.2) is 57.4 Å². The summed E-state index contributed by atoms with van der Waals surface area (Å²) in [5, 5.41) is 0. The van der Waals surface area contributed by atoms with Crippen LogP contribution in [0, 0.1) is 5.92 Å². The zero-order valence-corrected chi connectivity index (χ0v) is 12.6. The van der Waals surface area contributed by atoms with Gasteiger partial charge in [0.25, 0.3) is 0 Å². The van der Waals surface area contributed by atoms with E-state index in [9.17, 15) is 13.2 Å². The van der Waals surface area contributed by atoms with Crippen molar-refractivity contribution in [1.29, 1.82) is 0 Å². The second-order valence-electron chi connectivity index (χ2n) is 4.96. The Bertz CT molecular complexity index is 393. The Morgan fingerprint density at radius 3 is 2.68 bits per heavy atom. The number of carbonyl (C=O) groups is 1. The molecule has 112 valence electrons. The van der Waals surface area contributed by atoms with Crippen LogP contribution in [0.25, 0.3) is 0 Å². The van der Waals surface area contributed by atoms with Gasteiger partial charge in [-0.3, -0.25) is 4.79 Å². The first-order chi connectivity index (χ1) is 8.86. The first-order valence-electron chi connectivity index (χ1n) is 6.54. The predicted octanol–water partition coefficient (Wildman–Crippen LogP) is 0.626. The molecule has 1 saturated heterocycles. The second kappa shape index (κ2) is 7.21. The molecule has 1 aliphatic rings. The quantitative estimate of drug-likeness (QED) is 0.672. The molecule has 0 spiro atoms. The summed E-state index contributed by atoms with van der Waals surface area (Å²) in [6.45, 7) is 4.59. The molecule has 0 bridgehead atoms. The number of methoxy groups -OCH3 is 1. The molecule has 1 heterocycles.